The topological polar surface area (TPSA) is 54.9 Å². The number of halogens is 1. The van der Waals surface area contributed by atoms with E-state index in [1.807, 2.05) is 6.92 Å². The molecule has 0 amide bonds. The van der Waals surface area contributed by atoms with Crippen molar-refractivity contribution in [3.63, 3.8) is 0 Å². The highest BCUT2D eigenvalue weighted by Gasteiger charge is 2.08. The Morgan fingerprint density at radius 2 is 1.77 bits per heavy atom. The second kappa shape index (κ2) is 15.2. The molecule has 1 atom stereocenters. The Labute approximate surface area is 176 Å². The van der Waals surface area contributed by atoms with Gasteiger partial charge < -0.3 is 20.1 Å². The van der Waals surface area contributed by atoms with Crippen LogP contribution < -0.4 is 10.6 Å². The third kappa shape index (κ3) is 11.0. The molecule has 0 aliphatic carbocycles. The van der Waals surface area contributed by atoms with Crippen molar-refractivity contribution in [3.05, 3.63) is 35.4 Å². The van der Waals surface area contributed by atoms with Gasteiger partial charge in [0.05, 0.1) is 26.4 Å². The maximum Gasteiger partial charge on any atom is 0.191 e. The molecule has 0 aliphatic heterocycles. The molecule has 0 heterocycles. The number of rotatable bonds is 11. The van der Waals surface area contributed by atoms with E-state index >= 15 is 0 Å². The number of hydrogen-bond acceptors (Lipinski definition) is 3. The lowest BCUT2D eigenvalue weighted by molar-refractivity contribution is 0.0453. The Kier molecular flexibility index (Phi) is 14.7. The monoisotopic (exact) mass is 477 g/mol. The third-order valence-corrected chi connectivity index (χ3v) is 3.96. The van der Waals surface area contributed by atoms with E-state index in [0.29, 0.717) is 38.3 Å². The van der Waals surface area contributed by atoms with E-state index in [1.54, 1.807) is 0 Å². The molecule has 0 radical (unpaired) electrons. The van der Waals surface area contributed by atoms with Gasteiger partial charge >= 0.3 is 0 Å². The fourth-order valence-electron chi connectivity index (χ4n) is 2.14. The lowest BCUT2D eigenvalue weighted by Gasteiger charge is -2.20. The van der Waals surface area contributed by atoms with Crippen LogP contribution in [-0.2, 0) is 22.6 Å². The molecule has 0 saturated heterocycles. The van der Waals surface area contributed by atoms with E-state index in [4.69, 9.17) is 14.5 Å². The van der Waals surface area contributed by atoms with Crippen LogP contribution in [0.4, 0.5) is 0 Å². The highest BCUT2D eigenvalue weighted by molar-refractivity contribution is 14.0. The van der Waals surface area contributed by atoms with Crippen LogP contribution in [0.1, 0.15) is 45.7 Å². The number of benzene rings is 1. The molecule has 6 heteroatoms. The fourth-order valence-corrected chi connectivity index (χ4v) is 2.14. The van der Waals surface area contributed by atoms with E-state index in [9.17, 15) is 0 Å². The highest BCUT2D eigenvalue weighted by Crippen LogP contribution is 2.08. The molecule has 2 N–H and O–H groups in total. The maximum absolute atomic E-state index is 5.63. The number of nitrogens with one attached hydrogen (secondary N) is 2. The van der Waals surface area contributed by atoms with Crippen LogP contribution in [0.25, 0.3) is 0 Å². The number of aliphatic imine (C=N–C) groups is 1. The predicted molar refractivity (Wildman–Crippen MR) is 120 cm³/mol. The van der Waals surface area contributed by atoms with Crippen molar-refractivity contribution in [1.82, 2.24) is 10.6 Å². The van der Waals surface area contributed by atoms with Crippen LogP contribution in [0.5, 0.6) is 0 Å². The van der Waals surface area contributed by atoms with Crippen molar-refractivity contribution < 1.29 is 9.47 Å². The third-order valence-electron chi connectivity index (χ3n) is 3.96. The summed E-state index contributed by atoms with van der Waals surface area (Å²) in [5.74, 6) is 1.42. The average Bonchev–Trinajstić information content (AvgIpc) is 2.60. The van der Waals surface area contributed by atoms with Gasteiger partial charge in [-0.25, -0.2) is 4.99 Å². The van der Waals surface area contributed by atoms with Gasteiger partial charge in [0.25, 0.3) is 0 Å². The number of guanidine groups is 1. The summed E-state index contributed by atoms with van der Waals surface area (Å²) in [6.07, 6.45) is 0. The van der Waals surface area contributed by atoms with Crippen molar-refractivity contribution in [2.24, 2.45) is 10.9 Å². The molecule has 1 unspecified atom stereocenters. The first kappa shape index (κ1) is 25.1. The van der Waals surface area contributed by atoms with Crippen molar-refractivity contribution in [2.45, 2.75) is 53.8 Å². The molecule has 0 bridgehead atoms. The number of hydrogen-bond donors (Lipinski definition) is 2. The molecule has 0 saturated carbocycles. The largest absolute Gasteiger partial charge is 0.379 e. The van der Waals surface area contributed by atoms with E-state index in [-0.39, 0.29) is 24.0 Å². The number of ether oxygens (including phenoxy) is 2. The summed E-state index contributed by atoms with van der Waals surface area (Å²) in [5, 5.41) is 6.76. The Bertz CT molecular complexity index is 510. The van der Waals surface area contributed by atoms with Gasteiger partial charge in [-0.2, -0.15) is 0 Å². The lowest BCUT2D eigenvalue weighted by Crippen LogP contribution is -2.44. The first-order valence-corrected chi connectivity index (χ1v) is 9.34. The minimum Gasteiger partial charge on any atom is -0.379 e. The second-order valence-corrected chi connectivity index (χ2v) is 6.44. The molecule has 1 rings (SSSR count). The van der Waals surface area contributed by atoms with Crippen LogP contribution in [0.2, 0.25) is 0 Å². The Balaban J connectivity index is 0.00000625. The summed E-state index contributed by atoms with van der Waals surface area (Å²) in [5.41, 5.74) is 2.35. The van der Waals surface area contributed by atoms with Crippen molar-refractivity contribution in [1.29, 1.82) is 0 Å². The smallest absolute Gasteiger partial charge is 0.191 e. The van der Waals surface area contributed by atoms with Gasteiger partial charge in [-0.1, -0.05) is 38.1 Å². The van der Waals surface area contributed by atoms with Gasteiger partial charge in [-0.15, -0.1) is 24.0 Å². The van der Waals surface area contributed by atoms with Crippen LogP contribution in [0.3, 0.4) is 0 Å². The average molecular weight is 477 g/mol. The molecule has 0 spiro atoms. The Hall–Kier alpha value is -0.860. The van der Waals surface area contributed by atoms with Gasteiger partial charge in [0.1, 0.15) is 0 Å². The molecular formula is C20H36IN3O2. The number of nitrogens with zero attached hydrogens (tertiary/aromatic N) is 1. The minimum absolute atomic E-state index is 0. The fraction of sp³-hybridized carbons (Fsp3) is 0.650. The van der Waals surface area contributed by atoms with Gasteiger partial charge in [0, 0.05) is 19.2 Å². The van der Waals surface area contributed by atoms with E-state index in [1.165, 1.54) is 5.56 Å². The lowest BCUT2D eigenvalue weighted by atomic mass is 10.1. The molecule has 0 fully saturated rings. The maximum atomic E-state index is 5.63. The second-order valence-electron chi connectivity index (χ2n) is 6.44. The Morgan fingerprint density at radius 3 is 2.42 bits per heavy atom. The molecule has 0 aliphatic rings. The van der Waals surface area contributed by atoms with Crippen LogP contribution in [-0.4, -0.2) is 38.4 Å². The van der Waals surface area contributed by atoms with E-state index < -0.39 is 0 Å². The van der Waals surface area contributed by atoms with Crippen molar-refractivity contribution >= 4 is 29.9 Å². The zero-order chi connectivity index (χ0) is 18.5. The van der Waals surface area contributed by atoms with Crippen molar-refractivity contribution in [2.75, 3.05) is 26.4 Å². The summed E-state index contributed by atoms with van der Waals surface area (Å²) in [7, 11) is 0. The molecule has 150 valence electrons. The molecule has 0 aromatic heterocycles. The minimum atomic E-state index is 0. The predicted octanol–water partition coefficient (Wildman–Crippen LogP) is 3.96. The Morgan fingerprint density at radius 1 is 1.08 bits per heavy atom. The molecule has 1 aromatic carbocycles. The molecular weight excluding hydrogens is 441 g/mol. The standard InChI is InChI=1S/C20H35N3O2.HI/c1-6-21-20(23-17(5)16(3)4)22-14-18-9-8-10-19(13-18)15-25-12-11-24-7-2;/h8-10,13,16-17H,6-7,11-12,14-15H2,1-5H3,(H2,21,22,23);1H. The van der Waals surface area contributed by atoms with Crippen molar-refractivity contribution in [3.8, 4) is 0 Å². The van der Waals surface area contributed by atoms with Gasteiger partial charge in [-0.05, 0) is 37.8 Å². The molecule has 26 heavy (non-hydrogen) atoms. The molecule has 1 aromatic rings. The quantitative estimate of drug-likeness (QED) is 0.219. The normalized spacial score (nSPS) is 12.6. The summed E-state index contributed by atoms with van der Waals surface area (Å²) in [6.45, 7) is 14.8. The van der Waals surface area contributed by atoms with Crippen LogP contribution in [0.15, 0.2) is 29.3 Å². The summed E-state index contributed by atoms with van der Waals surface area (Å²) in [4.78, 5) is 4.70. The van der Waals surface area contributed by atoms with E-state index in [2.05, 4.69) is 62.6 Å². The van der Waals surface area contributed by atoms with E-state index in [0.717, 1.165) is 24.7 Å². The zero-order valence-electron chi connectivity index (χ0n) is 16.9. The highest BCUT2D eigenvalue weighted by atomic mass is 127. The SMILES string of the molecule is CCNC(=NCc1cccc(COCCOCC)c1)NC(C)C(C)C.I. The molecule has 5 nitrogen and oxygen atoms in total. The summed E-state index contributed by atoms with van der Waals surface area (Å²) < 4.78 is 10.9. The summed E-state index contributed by atoms with van der Waals surface area (Å²) >= 11 is 0. The van der Waals surface area contributed by atoms with Gasteiger partial charge in [0.2, 0.25) is 0 Å². The summed E-state index contributed by atoms with van der Waals surface area (Å²) in [6, 6.07) is 8.77. The van der Waals surface area contributed by atoms with Crippen LogP contribution >= 0.6 is 24.0 Å². The van der Waals surface area contributed by atoms with Gasteiger partial charge in [-0.3, -0.25) is 0 Å². The zero-order valence-corrected chi connectivity index (χ0v) is 19.2. The first-order chi connectivity index (χ1) is 12.1. The van der Waals surface area contributed by atoms with Gasteiger partial charge in [0.15, 0.2) is 5.96 Å². The first-order valence-electron chi connectivity index (χ1n) is 9.34. The van der Waals surface area contributed by atoms with Crippen LogP contribution in [0, 0.1) is 5.92 Å².